The molecule has 7 heteroatoms. The first-order chi connectivity index (χ1) is 14.9. The maximum atomic E-state index is 13.5. The van der Waals surface area contributed by atoms with Crippen LogP contribution in [0, 0.1) is 17.6 Å². The summed E-state index contributed by atoms with van der Waals surface area (Å²) in [6, 6.07) is 10.8. The summed E-state index contributed by atoms with van der Waals surface area (Å²) in [5.74, 6) is -2.12. The molecule has 0 aliphatic carbocycles. The van der Waals surface area contributed by atoms with E-state index in [0.29, 0.717) is 11.1 Å². The molecule has 1 amide bonds. The topological polar surface area (TPSA) is 64.6 Å². The number of benzene rings is 2. The highest BCUT2D eigenvalue weighted by Gasteiger charge is 2.32. The normalized spacial score (nSPS) is 13.6. The van der Waals surface area contributed by atoms with Crippen molar-refractivity contribution < 1.29 is 27.8 Å². The van der Waals surface area contributed by atoms with Gasteiger partial charge in [0.25, 0.3) is 0 Å². The lowest BCUT2D eigenvalue weighted by Crippen LogP contribution is -2.48. The van der Waals surface area contributed by atoms with Gasteiger partial charge in [0.05, 0.1) is 0 Å². The summed E-state index contributed by atoms with van der Waals surface area (Å²) in [5, 5.41) is 2.58. The summed E-state index contributed by atoms with van der Waals surface area (Å²) in [6.07, 6.45) is -1.39. The molecule has 0 radical (unpaired) electrons. The lowest BCUT2D eigenvalue weighted by Gasteiger charge is -2.29. The molecule has 0 saturated heterocycles. The van der Waals surface area contributed by atoms with Crippen LogP contribution >= 0.6 is 0 Å². The Morgan fingerprint density at radius 3 is 1.66 bits per heavy atom. The number of hydrogen-bond acceptors (Lipinski definition) is 4. The lowest BCUT2D eigenvalue weighted by atomic mass is 9.87. The molecule has 0 aromatic heterocycles. The van der Waals surface area contributed by atoms with Crippen LogP contribution in [0.15, 0.2) is 48.5 Å². The van der Waals surface area contributed by atoms with Crippen LogP contribution in [0.25, 0.3) is 0 Å². The molecule has 0 fully saturated rings. The first-order valence-corrected chi connectivity index (χ1v) is 10.6. The predicted molar refractivity (Wildman–Crippen MR) is 118 cm³/mol. The number of carbonyl (C=O) groups is 2. The van der Waals surface area contributed by atoms with Crippen molar-refractivity contribution in [2.24, 2.45) is 5.92 Å². The van der Waals surface area contributed by atoms with E-state index in [1.54, 1.807) is 65.8 Å². The van der Waals surface area contributed by atoms with Crippen molar-refractivity contribution >= 4 is 12.1 Å². The molecular formula is C25H31F2NO4. The van der Waals surface area contributed by atoms with Gasteiger partial charge >= 0.3 is 12.1 Å². The average molecular weight is 448 g/mol. The molecule has 2 aromatic carbocycles. The van der Waals surface area contributed by atoms with Gasteiger partial charge in [0, 0.05) is 5.92 Å². The van der Waals surface area contributed by atoms with Crippen molar-refractivity contribution in [2.75, 3.05) is 0 Å². The van der Waals surface area contributed by atoms with Crippen LogP contribution in [-0.2, 0) is 14.3 Å². The molecule has 5 nitrogen and oxygen atoms in total. The lowest BCUT2D eigenvalue weighted by molar-refractivity contribution is -0.152. The van der Waals surface area contributed by atoms with Gasteiger partial charge in [-0.15, -0.1) is 0 Å². The van der Waals surface area contributed by atoms with Crippen molar-refractivity contribution in [1.29, 1.82) is 0 Å². The molecule has 1 N–H and O–H groups in total. The Balaban J connectivity index is 2.25. The molecule has 2 aromatic rings. The summed E-state index contributed by atoms with van der Waals surface area (Å²) in [4.78, 5) is 25.2. The van der Waals surface area contributed by atoms with Gasteiger partial charge in [-0.3, -0.25) is 0 Å². The van der Waals surface area contributed by atoms with Gasteiger partial charge in [0.15, 0.2) is 0 Å². The highest BCUT2D eigenvalue weighted by Crippen LogP contribution is 2.30. The second kappa shape index (κ2) is 10.6. The zero-order valence-corrected chi connectivity index (χ0v) is 19.3. The predicted octanol–water partition coefficient (Wildman–Crippen LogP) is 5.58. The molecule has 2 atom stereocenters. The fraction of sp³-hybridized carbons (Fsp3) is 0.440. The van der Waals surface area contributed by atoms with E-state index in [2.05, 4.69) is 5.32 Å². The maximum Gasteiger partial charge on any atom is 0.408 e. The van der Waals surface area contributed by atoms with Gasteiger partial charge in [-0.05, 0) is 69.0 Å². The number of hydrogen-bond donors (Lipinski definition) is 1. The molecule has 0 spiro atoms. The first-order valence-electron chi connectivity index (χ1n) is 10.6. The fourth-order valence-electron chi connectivity index (χ4n) is 3.33. The van der Waals surface area contributed by atoms with E-state index in [1.165, 1.54) is 24.3 Å². The standard InChI is InChI=1S/C25H31F2NO4/c1-15(2)22(28-24(30)32-25(4,5)6)23(29)31-16(3)21(17-7-11-19(26)12-8-17)18-9-13-20(27)14-10-18/h7-16,21-22H,1-6H3,(H,28,30)/t16-,22-/m0/s1. The van der Waals surface area contributed by atoms with Crippen LogP contribution in [-0.4, -0.2) is 29.8 Å². The zero-order chi connectivity index (χ0) is 24.1. The van der Waals surface area contributed by atoms with Crippen LogP contribution in [0.1, 0.15) is 58.6 Å². The Labute approximate surface area is 188 Å². The summed E-state index contributed by atoms with van der Waals surface area (Å²) < 4.78 is 37.9. The van der Waals surface area contributed by atoms with Crippen molar-refractivity contribution in [3.05, 3.63) is 71.3 Å². The largest absolute Gasteiger partial charge is 0.460 e. The number of carbonyl (C=O) groups excluding carboxylic acids is 2. The van der Waals surface area contributed by atoms with E-state index in [1.807, 2.05) is 0 Å². The van der Waals surface area contributed by atoms with Gasteiger partial charge in [-0.2, -0.15) is 0 Å². The van der Waals surface area contributed by atoms with E-state index >= 15 is 0 Å². The minimum atomic E-state index is -0.922. The zero-order valence-electron chi connectivity index (χ0n) is 19.3. The monoisotopic (exact) mass is 447 g/mol. The van der Waals surface area contributed by atoms with Crippen LogP contribution in [0.3, 0.4) is 0 Å². The third-order valence-electron chi connectivity index (χ3n) is 4.82. The highest BCUT2D eigenvalue weighted by atomic mass is 19.1. The van der Waals surface area contributed by atoms with Gasteiger partial charge in [0.1, 0.15) is 29.4 Å². The van der Waals surface area contributed by atoms with Crippen LogP contribution in [0.4, 0.5) is 13.6 Å². The second-order valence-corrected chi connectivity index (χ2v) is 9.09. The van der Waals surface area contributed by atoms with E-state index in [4.69, 9.17) is 9.47 Å². The maximum absolute atomic E-state index is 13.5. The van der Waals surface area contributed by atoms with Crippen LogP contribution < -0.4 is 5.32 Å². The van der Waals surface area contributed by atoms with E-state index < -0.39 is 47.4 Å². The Kier molecular flexibility index (Phi) is 8.36. The molecule has 32 heavy (non-hydrogen) atoms. The Bertz CT molecular complexity index is 860. The van der Waals surface area contributed by atoms with Gasteiger partial charge < -0.3 is 14.8 Å². The number of halogens is 2. The Hall–Kier alpha value is -2.96. The minimum Gasteiger partial charge on any atom is -0.460 e. The quantitative estimate of drug-likeness (QED) is 0.563. The number of amides is 1. The smallest absolute Gasteiger partial charge is 0.408 e. The highest BCUT2D eigenvalue weighted by molar-refractivity contribution is 5.82. The average Bonchev–Trinajstić information content (AvgIpc) is 2.67. The Morgan fingerprint density at radius 1 is 0.844 bits per heavy atom. The summed E-state index contributed by atoms with van der Waals surface area (Å²) in [7, 11) is 0. The molecule has 0 unspecified atom stereocenters. The molecule has 2 rings (SSSR count). The molecule has 0 aliphatic rings. The third-order valence-corrected chi connectivity index (χ3v) is 4.82. The molecule has 174 valence electrons. The summed E-state index contributed by atoms with van der Waals surface area (Å²) in [6.45, 7) is 10.5. The number of esters is 1. The van der Waals surface area contributed by atoms with Gasteiger partial charge in [0.2, 0.25) is 0 Å². The van der Waals surface area contributed by atoms with Crippen molar-refractivity contribution in [3.8, 4) is 0 Å². The minimum absolute atomic E-state index is 0.252. The second-order valence-electron chi connectivity index (χ2n) is 9.09. The van der Waals surface area contributed by atoms with Crippen molar-refractivity contribution in [1.82, 2.24) is 5.32 Å². The molecule has 0 bridgehead atoms. The molecule has 0 saturated carbocycles. The molecule has 0 aliphatic heterocycles. The van der Waals surface area contributed by atoms with Crippen molar-refractivity contribution in [2.45, 2.75) is 65.2 Å². The Morgan fingerprint density at radius 2 is 1.28 bits per heavy atom. The van der Waals surface area contributed by atoms with Crippen molar-refractivity contribution in [3.63, 3.8) is 0 Å². The van der Waals surface area contributed by atoms with Gasteiger partial charge in [-0.1, -0.05) is 38.1 Å². The molecular weight excluding hydrogens is 416 g/mol. The number of rotatable bonds is 7. The van der Waals surface area contributed by atoms with E-state index in [-0.39, 0.29) is 5.92 Å². The van der Waals surface area contributed by atoms with E-state index in [0.717, 1.165) is 0 Å². The summed E-state index contributed by atoms with van der Waals surface area (Å²) in [5.41, 5.74) is 0.706. The summed E-state index contributed by atoms with van der Waals surface area (Å²) >= 11 is 0. The van der Waals surface area contributed by atoms with Crippen LogP contribution in [0.5, 0.6) is 0 Å². The SMILES string of the molecule is CC(C)[C@H](NC(=O)OC(C)(C)C)C(=O)O[C@@H](C)C(c1ccc(F)cc1)c1ccc(F)cc1. The number of nitrogens with one attached hydrogen (secondary N) is 1. The van der Waals surface area contributed by atoms with E-state index in [9.17, 15) is 18.4 Å². The third kappa shape index (κ3) is 7.32. The number of ether oxygens (including phenoxy) is 2. The van der Waals surface area contributed by atoms with Gasteiger partial charge in [-0.25, -0.2) is 18.4 Å². The fourth-order valence-corrected chi connectivity index (χ4v) is 3.33. The first kappa shape index (κ1) is 25.3. The number of alkyl carbamates (subject to hydrolysis) is 1. The van der Waals surface area contributed by atoms with Crippen LogP contribution in [0.2, 0.25) is 0 Å². The molecule has 0 heterocycles.